The highest BCUT2D eigenvalue weighted by molar-refractivity contribution is 5.50. The summed E-state index contributed by atoms with van der Waals surface area (Å²) in [5.74, 6) is 0. The van der Waals surface area contributed by atoms with Crippen LogP contribution in [0.2, 0.25) is 0 Å². The average Bonchev–Trinajstić information content (AvgIpc) is 2.73. The molecule has 0 amide bonds. The quantitative estimate of drug-likeness (QED) is 0.220. The van der Waals surface area contributed by atoms with Gasteiger partial charge in [0.2, 0.25) is 0 Å². The molecule has 1 fully saturated rings. The summed E-state index contributed by atoms with van der Waals surface area (Å²) < 4.78 is 34.5. The van der Waals surface area contributed by atoms with Gasteiger partial charge >= 0.3 is 0 Å². The lowest BCUT2D eigenvalue weighted by Crippen LogP contribution is -4.29. The van der Waals surface area contributed by atoms with E-state index in [-0.39, 0.29) is 0 Å². The summed E-state index contributed by atoms with van der Waals surface area (Å²) in [5.41, 5.74) is 0. The molecule has 0 aliphatic heterocycles. The van der Waals surface area contributed by atoms with Crippen LogP contribution in [0.3, 0.4) is 0 Å². The Labute approximate surface area is 185 Å². The molecule has 1 saturated carbocycles. The fraction of sp³-hybridized carbons (Fsp3) is 0.900. The zero-order chi connectivity index (χ0) is 24.7. The minimum absolute atomic E-state index is 0.441. The van der Waals surface area contributed by atoms with Gasteiger partial charge in [0, 0.05) is 12.8 Å². The number of halogens is 1. The van der Waals surface area contributed by atoms with Gasteiger partial charge in [0.25, 0.3) is 0 Å². The van der Waals surface area contributed by atoms with Crippen LogP contribution < -0.4 is 33.8 Å². The first-order valence-electron chi connectivity index (χ1n) is 10.6. The smallest absolute Gasteiger partial charge is 0.144 e. The monoisotopic (exact) mass is 541 g/mol. The van der Waals surface area contributed by atoms with Crippen LogP contribution in [-0.4, -0.2) is 35.0 Å². The van der Waals surface area contributed by atoms with Crippen LogP contribution in [0.4, 0.5) is 0 Å². The maximum absolute atomic E-state index is 9.68. The van der Waals surface area contributed by atoms with E-state index in [4.69, 9.17) is 24.0 Å². The first kappa shape index (κ1) is 42.8. The third-order valence-corrected chi connectivity index (χ3v) is 2.59. The Kier molecular flexibility index (Phi) is 62.1. The molecule has 0 bridgehead atoms. The lowest BCUT2D eigenvalue weighted by atomic mass is 9.95. The number of hydrogen-bond donors (Lipinski definition) is 2. The van der Waals surface area contributed by atoms with Crippen molar-refractivity contribution in [2.24, 2.45) is 0 Å². The molecule has 2 atom stereocenters. The molecule has 0 saturated heterocycles. The van der Waals surface area contributed by atoms with Gasteiger partial charge in [-0.1, -0.05) is 68.2 Å². The van der Waals surface area contributed by atoms with Gasteiger partial charge in [0.1, 0.15) is 32.7 Å². The van der Waals surface area contributed by atoms with Crippen molar-refractivity contribution in [3.05, 3.63) is 0 Å². The van der Waals surface area contributed by atoms with Crippen LogP contribution in [0.15, 0.2) is 0 Å². The molecule has 0 spiro atoms. The first-order chi connectivity index (χ1) is 13.7. The number of aliphatic hydroxyl groups excluding tert-OH is 2. The van der Waals surface area contributed by atoms with Crippen LogP contribution in [-0.2, 0) is 9.59 Å². The highest BCUT2D eigenvalue weighted by Crippen LogP contribution is 2.17. The summed E-state index contributed by atoms with van der Waals surface area (Å²) in [7, 11) is 0. The lowest BCUT2D eigenvalue weighted by molar-refractivity contribution is -2.00. The molecule has 9 heteroatoms. The van der Waals surface area contributed by atoms with Crippen molar-refractivity contribution in [2.45, 2.75) is 119 Å². The molecule has 0 radical (unpaired) electrons. The lowest BCUT2D eigenvalue weighted by Gasteiger charge is -2.22. The van der Waals surface area contributed by atoms with Crippen LogP contribution in [0, 0.1) is 0 Å². The Balaban J connectivity index is -0.0000000592. The molecule has 0 aromatic carbocycles. The number of carbonyl (C=O) groups excluding carboxylic acids is 2. The minimum Gasteiger partial charge on any atom is -0.390 e. The van der Waals surface area contributed by atoms with Crippen molar-refractivity contribution in [1.82, 2.24) is 0 Å². The van der Waals surface area contributed by atoms with Crippen molar-refractivity contribution in [3.63, 3.8) is 0 Å². The van der Waals surface area contributed by atoms with Crippen LogP contribution in [0.5, 0.6) is 0 Å². The second-order valence-electron chi connectivity index (χ2n) is 4.41. The zero-order valence-electron chi connectivity index (χ0n) is 19.7. The Morgan fingerprint density at radius 3 is 1.03 bits per heavy atom. The number of aliphatic hydroxyl groups is 2. The molecule has 2 unspecified atom stereocenters. The summed E-state index contributed by atoms with van der Waals surface area (Å²) in [5, 5.41) is 17.9. The highest BCUT2D eigenvalue weighted by atomic mass is 127. The number of unbranched alkanes of at least 4 members (excludes halogenated alkanes) is 3. The predicted molar refractivity (Wildman–Crippen MR) is 106 cm³/mol. The van der Waals surface area contributed by atoms with Crippen molar-refractivity contribution < 1.29 is 53.6 Å². The molecule has 8 nitrogen and oxygen atoms in total. The fourth-order valence-electron chi connectivity index (χ4n) is 1.55. The molecule has 1 aliphatic rings. The van der Waals surface area contributed by atoms with E-state index in [0.717, 1.165) is 51.1 Å². The van der Waals surface area contributed by atoms with E-state index in [9.17, 15) is 9.59 Å². The van der Waals surface area contributed by atoms with E-state index in [2.05, 4.69) is 0 Å². The third kappa shape index (κ3) is 74.1. The first-order valence-corrected chi connectivity index (χ1v) is 14.1. The number of hydrogen-bond acceptors (Lipinski definition) is 8. The maximum Gasteiger partial charge on any atom is 0.144 e. The van der Waals surface area contributed by atoms with Crippen molar-refractivity contribution in [1.29, 1.82) is 0 Å². The van der Waals surface area contributed by atoms with Gasteiger partial charge in [-0.05, 0) is 25.7 Å². The SMILES string of the molecule is CC.CC.CC.CC.O=CCCCCC=O.OC1CCCCC1O.[O-][I+3]([O-])([O-])[O-]. The van der Waals surface area contributed by atoms with E-state index in [1.54, 1.807) is 0 Å². The van der Waals surface area contributed by atoms with Crippen molar-refractivity contribution in [2.75, 3.05) is 0 Å². The van der Waals surface area contributed by atoms with E-state index in [0.29, 0.717) is 12.8 Å². The van der Waals surface area contributed by atoms with Crippen molar-refractivity contribution in [3.8, 4) is 0 Å². The molecule has 0 aromatic heterocycles. The number of aldehydes is 2. The van der Waals surface area contributed by atoms with E-state index < -0.39 is 32.3 Å². The number of rotatable bonds is 5. The normalized spacial score (nSPS) is 16.2. The Hall–Kier alpha value is -0.170. The molecule has 1 rings (SSSR count). The number of carbonyl (C=O) groups is 2. The van der Waals surface area contributed by atoms with Gasteiger partial charge in [-0.15, -0.1) is 0 Å². The van der Waals surface area contributed by atoms with Gasteiger partial charge in [0.05, 0.1) is 12.2 Å². The fourth-order valence-corrected chi connectivity index (χ4v) is 1.55. The van der Waals surface area contributed by atoms with Gasteiger partial charge in [-0.25, -0.2) is 0 Å². The third-order valence-electron chi connectivity index (χ3n) is 2.59. The van der Waals surface area contributed by atoms with E-state index in [1.165, 1.54) is 0 Å². The topological polar surface area (TPSA) is 167 Å². The molecule has 182 valence electrons. The van der Waals surface area contributed by atoms with Gasteiger partial charge in [-0.2, -0.15) is 0 Å². The second-order valence-corrected chi connectivity index (χ2v) is 6.57. The Bertz CT molecular complexity index is 235. The summed E-state index contributed by atoms with van der Waals surface area (Å²) in [4.78, 5) is 19.4. The summed E-state index contributed by atoms with van der Waals surface area (Å²) in [6.45, 7) is 16.0. The van der Waals surface area contributed by atoms with E-state index in [1.807, 2.05) is 55.4 Å². The van der Waals surface area contributed by atoms with Gasteiger partial charge in [-0.3, -0.25) is 13.7 Å². The van der Waals surface area contributed by atoms with E-state index >= 15 is 0 Å². The molecular weight excluding hydrogens is 495 g/mol. The minimum atomic E-state index is -5.94. The molecular formula is C20H46IO8-. The Morgan fingerprint density at radius 1 is 0.690 bits per heavy atom. The molecule has 29 heavy (non-hydrogen) atoms. The standard InChI is InChI=1S/C6H12O2.C6H10O2.4C2H6.IO4/c7-5-3-1-2-4-6(5)8;7-5-3-1-2-4-6-8;4*1-2;2-1(3,4)5/h5-8H,1-4H2;5-6H,1-4H2;4*1-2H3;/q;;;;;;-1. The van der Waals surface area contributed by atoms with Crippen molar-refractivity contribution >= 4 is 12.6 Å². The molecule has 1 aliphatic carbocycles. The largest absolute Gasteiger partial charge is 0.390 e. The summed E-state index contributed by atoms with van der Waals surface area (Å²) in [6, 6.07) is 0. The second kappa shape index (κ2) is 42.0. The average molecular weight is 541 g/mol. The maximum atomic E-state index is 9.68. The Morgan fingerprint density at radius 2 is 0.897 bits per heavy atom. The highest BCUT2D eigenvalue weighted by Gasteiger charge is 2.19. The van der Waals surface area contributed by atoms with Crippen LogP contribution in [0.1, 0.15) is 107 Å². The van der Waals surface area contributed by atoms with Gasteiger partial charge < -0.3 is 19.8 Å². The molecule has 0 heterocycles. The zero-order valence-corrected chi connectivity index (χ0v) is 21.8. The molecule has 0 aromatic rings. The van der Waals surface area contributed by atoms with Gasteiger partial charge in [0.15, 0.2) is 0 Å². The molecule has 2 N–H and O–H groups in total. The summed E-state index contributed by atoms with van der Waals surface area (Å²) >= 11 is -5.94. The predicted octanol–water partition coefficient (Wildman–Crippen LogP) is -2.42. The van der Waals surface area contributed by atoms with Crippen LogP contribution in [0.25, 0.3) is 0 Å². The summed E-state index contributed by atoms with van der Waals surface area (Å²) in [6.07, 6.45) is 7.45. The van der Waals surface area contributed by atoms with Crippen LogP contribution >= 0.6 is 0 Å².